The molecule has 0 radical (unpaired) electrons. The van der Waals surface area contributed by atoms with Gasteiger partial charge in [-0.1, -0.05) is 12.1 Å². The van der Waals surface area contributed by atoms with Gasteiger partial charge < -0.3 is 15.6 Å². The topological polar surface area (TPSA) is 55.5 Å². The second kappa shape index (κ2) is 4.98. The average molecular weight is 195 g/mol. The molecule has 1 unspecified atom stereocenters. The van der Waals surface area contributed by atoms with Crippen LogP contribution in [0.1, 0.15) is 11.1 Å². The van der Waals surface area contributed by atoms with Crippen molar-refractivity contribution in [3.63, 3.8) is 0 Å². The van der Waals surface area contributed by atoms with Gasteiger partial charge in [0.1, 0.15) is 5.75 Å². The van der Waals surface area contributed by atoms with Gasteiger partial charge in [0.05, 0.1) is 13.2 Å². The zero-order valence-electron chi connectivity index (χ0n) is 8.66. The number of aliphatic hydroxyl groups is 1. The average Bonchev–Trinajstić information content (AvgIpc) is 2.20. The van der Waals surface area contributed by atoms with E-state index in [9.17, 15) is 5.11 Å². The highest BCUT2D eigenvalue weighted by molar-refractivity contribution is 5.36. The molecule has 0 saturated carbocycles. The van der Waals surface area contributed by atoms with E-state index in [4.69, 9.17) is 10.5 Å². The van der Waals surface area contributed by atoms with E-state index in [0.29, 0.717) is 6.42 Å². The standard InChI is InChI=1S/C11H17NO2/c1-8-3-4-9(5-10(13)7-12)6-11(8)14-2/h3-4,6,10,13H,5,7,12H2,1-2H3. The SMILES string of the molecule is COc1cc(CC(O)CN)ccc1C. The third kappa shape index (κ3) is 2.72. The van der Waals surface area contributed by atoms with Crippen LogP contribution in [0.3, 0.4) is 0 Å². The zero-order chi connectivity index (χ0) is 10.6. The third-order valence-electron chi connectivity index (χ3n) is 2.22. The summed E-state index contributed by atoms with van der Waals surface area (Å²) in [5.74, 6) is 0.853. The molecule has 14 heavy (non-hydrogen) atoms. The van der Waals surface area contributed by atoms with Crippen LogP contribution in [0.4, 0.5) is 0 Å². The molecule has 3 heteroatoms. The van der Waals surface area contributed by atoms with Gasteiger partial charge >= 0.3 is 0 Å². The quantitative estimate of drug-likeness (QED) is 0.749. The molecule has 1 aromatic rings. The molecule has 1 atom stereocenters. The number of methoxy groups -OCH3 is 1. The molecule has 0 aliphatic rings. The molecule has 0 bridgehead atoms. The summed E-state index contributed by atoms with van der Waals surface area (Å²) in [4.78, 5) is 0. The summed E-state index contributed by atoms with van der Waals surface area (Å²) >= 11 is 0. The van der Waals surface area contributed by atoms with E-state index in [1.807, 2.05) is 25.1 Å². The third-order valence-corrected chi connectivity index (χ3v) is 2.22. The summed E-state index contributed by atoms with van der Waals surface area (Å²) in [5, 5.41) is 9.38. The molecular weight excluding hydrogens is 178 g/mol. The number of ether oxygens (including phenoxy) is 1. The Kier molecular flexibility index (Phi) is 3.92. The minimum atomic E-state index is -0.470. The normalized spacial score (nSPS) is 12.6. The van der Waals surface area contributed by atoms with Crippen LogP contribution in [0.15, 0.2) is 18.2 Å². The Balaban J connectivity index is 2.79. The highest BCUT2D eigenvalue weighted by atomic mass is 16.5. The van der Waals surface area contributed by atoms with Crippen molar-refractivity contribution < 1.29 is 9.84 Å². The van der Waals surface area contributed by atoms with E-state index in [0.717, 1.165) is 16.9 Å². The molecule has 3 N–H and O–H groups in total. The first-order chi connectivity index (χ1) is 6.67. The first kappa shape index (κ1) is 11.0. The minimum absolute atomic E-state index is 0.288. The fourth-order valence-corrected chi connectivity index (χ4v) is 1.35. The molecule has 0 saturated heterocycles. The lowest BCUT2D eigenvalue weighted by atomic mass is 10.1. The van der Waals surface area contributed by atoms with Crippen molar-refractivity contribution in [2.24, 2.45) is 5.73 Å². The maximum absolute atomic E-state index is 9.38. The number of aryl methyl sites for hydroxylation is 1. The fraction of sp³-hybridized carbons (Fsp3) is 0.455. The monoisotopic (exact) mass is 195 g/mol. The van der Waals surface area contributed by atoms with Crippen LogP contribution >= 0.6 is 0 Å². The van der Waals surface area contributed by atoms with Gasteiger partial charge in [-0.15, -0.1) is 0 Å². The molecule has 0 heterocycles. The highest BCUT2D eigenvalue weighted by Gasteiger charge is 2.05. The molecule has 0 amide bonds. The summed E-state index contributed by atoms with van der Waals surface area (Å²) < 4.78 is 5.19. The van der Waals surface area contributed by atoms with Crippen LogP contribution in [0.5, 0.6) is 5.75 Å². The highest BCUT2D eigenvalue weighted by Crippen LogP contribution is 2.19. The van der Waals surface area contributed by atoms with Crippen molar-refractivity contribution in [1.29, 1.82) is 0 Å². The Hall–Kier alpha value is -1.06. The number of nitrogens with two attached hydrogens (primary N) is 1. The summed E-state index contributed by atoms with van der Waals surface area (Å²) in [6.07, 6.45) is 0.107. The predicted molar refractivity (Wildman–Crippen MR) is 56.5 cm³/mol. The summed E-state index contributed by atoms with van der Waals surface area (Å²) in [6.45, 7) is 2.28. The van der Waals surface area contributed by atoms with Crippen LogP contribution in [-0.2, 0) is 6.42 Å². The van der Waals surface area contributed by atoms with Crippen LogP contribution in [0.2, 0.25) is 0 Å². The van der Waals surface area contributed by atoms with Crippen molar-refractivity contribution in [2.45, 2.75) is 19.4 Å². The van der Waals surface area contributed by atoms with E-state index < -0.39 is 6.10 Å². The molecule has 3 nitrogen and oxygen atoms in total. The van der Waals surface area contributed by atoms with E-state index in [1.54, 1.807) is 7.11 Å². The van der Waals surface area contributed by atoms with Crippen LogP contribution in [0.25, 0.3) is 0 Å². The first-order valence-electron chi connectivity index (χ1n) is 4.69. The summed E-state index contributed by atoms with van der Waals surface area (Å²) in [6, 6.07) is 5.91. The Bertz CT molecular complexity index is 299. The van der Waals surface area contributed by atoms with Gasteiger partial charge in [-0.2, -0.15) is 0 Å². The van der Waals surface area contributed by atoms with Crippen molar-refractivity contribution in [3.05, 3.63) is 29.3 Å². The zero-order valence-corrected chi connectivity index (χ0v) is 8.66. The molecule has 0 aromatic heterocycles. The van der Waals surface area contributed by atoms with Crippen molar-refractivity contribution in [1.82, 2.24) is 0 Å². The van der Waals surface area contributed by atoms with Gasteiger partial charge in [-0.3, -0.25) is 0 Å². The molecule has 0 spiro atoms. The molecule has 78 valence electrons. The van der Waals surface area contributed by atoms with Crippen molar-refractivity contribution in [3.8, 4) is 5.75 Å². The Morgan fingerprint density at radius 1 is 1.50 bits per heavy atom. The van der Waals surface area contributed by atoms with Gasteiger partial charge in [0.2, 0.25) is 0 Å². The first-order valence-corrected chi connectivity index (χ1v) is 4.69. The van der Waals surface area contributed by atoms with Gasteiger partial charge in [0.25, 0.3) is 0 Å². The smallest absolute Gasteiger partial charge is 0.122 e. The Labute approximate surface area is 84.5 Å². The van der Waals surface area contributed by atoms with E-state index >= 15 is 0 Å². The molecule has 0 aliphatic carbocycles. The number of hydrogen-bond acceptors (Lipinski definition) is 3. The summed E-state index contributed by atoms with van der Waals surface area (Å²) in [7, 11) is 1.64. The predicted octanol–water partition coefficient (Wildman–Crippen LogP) is 0.866. The number of benzene rings is 1. The van der Waals surface area contributed by atoms with E-state index in [-0.39, 0.29) is 6.54 Å². The lowest BCUT2D eigenvalue weighted by Crippen LogP contribution is -2.21. The van der Waals surface area contributed by atoms with Crippen LogP contribution in [-0.4, -0.2) is 24.9 Å². The Morgan fingerprint density at radius 3 is 2.79 bits per heavy atom. The summed E-state index contributed by atoms with van der Waals surface area (Å²) in [5.41, 5.74) is 7.48. The molecule has 0 fully saturated rings. The van der Waals surface area contributed by atoms with Crippen LogP contribution < -0.4 is 10.5 Å². The van der Waals surface area contributed by atoms with E-state index in [1.165, 1.54) is 0 Å². The second-order valence-corrected chi connectivity index (χ2v) is 3.40. The molecule has 0 aliphatic heterocycles. The van der Waals surface area contributed by atoms with Crippen LogP contribution in [0, 0.1) is 6.92 Å². The second-order valence-electron chi connectivity index (χ2n) is 3.40. The van der Waals surface area contributed by atoms with Gasteiger partial charge in [-0.05, 0) is 30.5 Å². The van der Waals surface area contributed by atoms with E-state index in [2.05, 4.69) is 0 Å². The van der Waals surface area contributed by atoms with Crippen molar-refractivity contribution >= 4 is 0 Å². The molecular formula is C11H17NO2. The number of hydrogen-bond donors (Lipinski definition) is 2. The van der Waals surface area contributed by atoms with Crippen molar-refractivity contribution in [2.75, 3.05) is 13.7 Å². The van der Waals surface area contributed by atoms with Gasteiger partial charge in [-0.25, -0.2) is 0 Å². The minimum Gasteiger partial charge on any atom is -0.496 e. The molecule has 1 rings (SSSR count). The maximum atomic E-state index is 9.38. The number of aliphatic hydroxyl groups excluding tert-OH is 1. The Morgan fingerprint density at radius 2 is 2.21 bits per heavy atom. The lowest BCUT2D eigenvalue weighted by Gasteiger charge is -2.10. The van der Waals surface area contributed by atoms with Gasteiger partial charge in [0, 0.05) is 6.54 Å². The number of rotatable bonds is 4. The maximum Gasteiger partial charge on any atom is 0.122 e. The van der Waals surface area contributed by atoms with Gasteiger partial charge in [0.15, 0.2) is 0 Å². The lowest BCUT2D eigenvalue weighted by molar-refractivity contribution is 0.183. The fourth-order valence-electron chi connectivity index (χ4n) is 1.35. The largest absolute Gasteiger partial charge is 0.496 e. The molecule has 1 aromatic carbocycles.